The van der Waals surface area contributed by atoms with Crippen LogP contribution < -0.4 is 11.1 Å². The van der Waals surface area contributed by atoms with Gasteiger partial charge in [-0.05, 0) is 30.0 Å². The highest BCUT2D eigenvalue weighted by Crippen LogP contribution is 2.49. The Morgan fingerprint density at radius 2 is 2.11 bits per heavy atom. The van der Waals surface area contributed by atoms with Gasteiger partial charge in [0.1, 0.15) is 25.3 Å². The minimum Gasteiger partial charge on any atom is -0.458 e. The van der Waals surface area contributed by atoms with Crippen molar-refractivity contribution in [2.24, 2.45) is 5.73 Å². The molecule has 1 aromatic rings. The molecule has 2 unspecified atom stereocenters. The Bertz CT molecular complexity index is 1370. The molecule has 0 saturated heterocycles. The zero-order valence-electron chi connectivity index (χ0n) is 21.9. The van der Waals surface area contributed by atoms with Crippen LogP contribution in [0.1, 0.15) is 43.7 Å². The van der Waals surface area contributed by atoms with Crippen LogP contribution in [0.25, 0.3) is 6.08 Å². The molecule has 0 radical (unpaired) electrons. The lowest BCUT2D eigenvalue weighted by molar-refractivity contribution is -0.181. The number of unbranched alkanes of at least 4 members (excludes halogenated alkanes) is 1. The lowest BCUT2D eigenvalue weighted by Gasteiger charge is -2.46. The average molecular weight is 533 g/mol. The van der Waals surface area contributed by atoms with E-state index in [1.54, 1.807) is 6.92 Å². The summed E-state index contributed by atoms with van der Waals surface area (Å²) < 4.78 is 11.8. The number of cyclic esters (lactones) is 1. The number of allylic oxidation sites excluding steroid dienone is 2. The number of nitrogens with one attached hydrogen (secondary N) is 1. The van der Waals surface area contributed by atoms with Crippen molar-refractivity contribution in [2.75, 3.05) is 6.54 Å². The van der Waals surface area contributed by atoms with Crippen molar-refractivity contribution >= 4 is 31.9 Å². The van der Waals surface area contributed by atoms with Gasteiger partial charge < -0.3 is 25.4 Å². The molecular weight excluding hydrogens is 500 g/mol. The molecule has 198 valence electrons. The van der Waals surface area contributed by atoms with E-state index in [4.69, 9.17) is 20.5 Å². The molecule has 0 saturated carbocycles. The predicted octanol–water partition coefficient (Wildman–Crippen LogP) is 3.01. The van der Waals surface area contributed by atoms with E-state index in [-0.39, 0.29) is 18.6 Å². The number of benzene rings is 1. The monoisotopic (exact) mass is 532 g/mol. The summed E-state index contributed by atoms with van der Waals surface area (Å²) in [5.41, 5.74) is 7.45. The maximum atomic E-state index is 14.4. The quantitative estimate of drug-likeness (QED) is 0.309. The highest BCUT2D eigenvalue weighted by atomic mass is 28.3. The fourth-order valence-electron chi connectivity index (χ4n) is 6.00. The maximum absolute atomic E-state index is 14.4. The van der Waals surface area contributed by atoms with Gasteiger partial charge in [-0.25, -0.2) is 4.79 Å². The zero-order chi connectivity index (χ0) is 27.2. The number of ketones is 1. The SMILES string of the molecule is CCC1(OC(=O)CN)C(=O)OC([Si](C)(C)CCCC#N)C2=C1CC1=C(C2=O)N2Cc3ccccc3C=C2N1. The topological polar surface area (TPSA) is 135 Å². The Kier molecular flexibility index (Phi) is 6.53. The number of hydrogen-bond acceptors (Lipinski definition) is 9. The predicted molar refractivity (Wildman–Crippen MR) is 142 cm³/mol. The number of carbonyl (C=O) groups is 3. The fraction of sp³-hybridized carbons (Fsp3) is 0.429. The number of hydrogen-bond donors (Lipinski definition) is 2. The summed E-state index contributed by atoms with van der Waals surface area (Å²) >= 11 is 0. The number of rotatable bonds is 7. The van der Waals surface area contributed by atoms with Crippen LogP contribution in [0, 0.1) is 11.3 Å². The first kappa shape index (κ1) is 25.9. The molecule has 4 aliphatic rings. The fourth-order valence-corrected chi connectivity index (χ4v) is 8.86. The zero-order valence-corrected chi connectivity index (χ0v) is 22.9. The van der Waals surface area contributed by atoms with Crippen molar-refractivity contribution in [3.63, 3.8) is 0 Å². The second-order valence-corrected chi connectivity index (χ2v) is 15.8. The van der Waals surface area contributed by atoms with Gasteiger partial charge in [0.15, 0.2) is 0 Å². The van der Waals surface area contributed by atoms with Gasteiger partial charge in [-0.3, -0.25) is 9.59 Å². The van der Waals surface area contributed by atoms with Gasteiger partial charge in [-0.15, -0.1) is 0 Å². The molecule has 9 nitrogen and oxygen atoms in total. The van der Waals surface area contributed by atoms with Gasteiger partial charge in [0, 0.05) is 29.7 Å². The summed E-state index contributed by atoms with van der Waals surface area (Å²) in [6.07, 6.45) is 3.44. The van der Waals surface area contributed by atoms with Gasteiger partial charge in [0.25, 0.3) is 0 Å². The van der Waals surface area contributed by atoms with Crippen LogP contribution in [-0.4, -0.2) is 48.6 Å². The second-order valence-electron chi connectivity index (χ2n) is 10.8. The van der Waals surface area contributed by atoms with E-state index in [1.165, 1.54) is 0 Å². The number of esters is 2. The van der Waals surface area contributed by atoms with Crippen molar-refractivity contribution < 1.29 is 23.9 Å². The number of Topliss-reactive ketones (excluding diaryl/α,β-unsaturated/α-hetero) is 1. The first-order valence-corrected chi connectivity index (χ1v) is 16.3. The molecule has 1 aliphatic carbocycles. The summed E-state index contributed by atoms with van der Waals surface area (Å²) in [5.74, 6) is -0.804. The number of fused-ring (bicyclic) bond motifs is 3. The molecule has 38 heavy (non-hydrogen) atoms. The summed E-state index contributed by atoms with van der Waals surface area (Å²) in [6, 6.07) is 10.9. The Labute approximate surface area is 223 Å². The summed E-state index contributed by atoms with van der Waals surface area (Å²) in [5, 5.41) is 12.5. The van der Waals surface area contributed by atoms with Gasteiger partial charge in [0.2, 0.25) is 11.4 Å². The van der Waals surface area contributed by atoms with E-state index in [2.05, 4.69) is 24.5 Å². The van der Waals surface area contributed by atoms with Crippen molar-refractivity contribution in [1.82, 2.24) is 10.2 Å². The lowest BCUT2D eigenvalue weighted by Crippen LogP contribution is -2.59. The molecule has 3 N–H and O–H groups in total. The molecule has 3 heterocycles. The largest absolute Gasteiger partial charge is 0.458 e. The van der Waals surface area contributed by atoms with Gasteiger partial charge in [-0.1, -0.05) is 50.3 Å². The number of carbonyl (C=O) groups excluding carboxylic acids is 3. The smallest absolute Gasteiger partial charge is 0.355 e. The van der Waals surface area contributed by atoms with Crippen LogP contribution in [0.2, 0.25) is 19.1 Å². The Morgan fingerprint density at radius 3 is 2.82 bits per heavy atom. The molecule has 0 fully saturated rings. The molecule has 0 bridgehead atoms. The van der Waals surface area contributed by atoms with Crippen LogP contribution in [0.5, 0.6) is 0 Å². The Morgan fingerprint density at radius 1 is 1.34 bits per heavy atom. The maximum Gasteiger partial charge on any atom is 0.355 e. The van der Waals surface area contributed by atoms with Crippen LogP contribution in [0.4, 0.5) is 0 Å². The molecule has 1 aromatic carbocycles. The van der Waals surface area contributed by atoms with E-state index in [1.807, 2.05) is 35.2 Å². The van der Waals surface area contributed by atoms with Crippen molar-refractivity contribution in [2.45, 2.75) is 69.6 Å². The third kappa shape index (κ3) is 3.97. The van der Waals surface area contributed by atoms with Gasteiger partial charge in [0.05, 0.1) is 19.2 Å². The molecule has 5 rings (SSSR count). The van der Waals surface area contributed by atoms with Crippen molar-refractivity contribution in [1.29, 1.82) is 5.26 Å². The summed E-state index contributed by atoms with van der Waals surface area (Å²) in [4.78, 5) is 42.5. The van der Waals surface area contributed by atoms with E-state index < -0.39 is 37.9 Å². The minimum atomic E-state index is -2.41. The van der Waals surface area contributed by atoms with E-state index >= 15 is 0 Å². The third-order valence-corrected chi connectivity index (χ3v) is 11.5. The first-order valence-electron chi connectivity index (χ1n) is 13.0. The average Bonchev–Trinajstić information content (AvgIpc) is 3.26. The number of nitrogens with zero attached hydrogens (tertiary/aromatic N) is 2. The molecule has 0 amide bonds. The number of nitrogens with two attached hydrogens (primary N) is 1. The second kappa shape index (κ2) is 9.56. The van der Waals surface area contributed by atoms with E-state index in [0.29, 0.717) is 48.0 Å². The highest BCUT2D eigenvalue weighted by Gasteiger charge is 2.59. The van der Waals surface area contributed by atoms with Crippen molar-refractivity contribution in [3.8, 4) is 6.07 Å². The molecule has 0 aromatic heterocycles. The van der Waals surface area contributed by atoms with Crippen LogP contribution in [0.3, 0.4) is 0 Å². The first-order chi connectivity index (χ1) is 18.2. The summed E-state index contributed by atoms with van der Waals surface area (Å²) in [6.45, 7) is 6.03. The lowest BCUT2D eigenvalue weighted by atomic mass is 9.77. The van der Waals surface area contributed by atoms with Gasteiger partial charge >= 0.3 is 11.9 Å². The minimum absolute atomic E-state index is 0.118. The van der Waals surface area contributed by atoms with Crippen LogP contribution in [0.15, 0.2) is 52.6 Å². The van der Waals surface area contributed by atoms with E-state index in [9.17, 15) is 14.4 Å². The molecule has 10 heteroatoms. The molecular formula is C28H32N4O5Si. The molecule has 0 spiro atoms. The standard InChI is InChI=1S/C28H32N4O5Si/c1-4-28(37-22(33)15-30)19-14-20-24(32-16-18-10-6-5-9-17(18)13-21(32)31-20)25(34)23(19)26(36-27(28)35)38(2,3)12-8-7-11-29/h5-6,9-10,13,26,31H,4,7-8,12,14-16,30H2,1-3H3. The van der Waals surface area contributed by atoms with Crippen molar-refractivity contribution in [3.05, 3.63) is 63.8 Å². The molecule has 3 aliphatic heterocycles. The third-order valence-electron chi connectivity index (χ3n) is 8.02. The Balaban J connectivity index is 1.61. The highest BCUT2D eigenvalue weighted by molar-refractivity contribution is 6.80. The van der Waals surface area contributed by atoms with Crippen LogP contribution >= 0.6 is 0 Å². The number of ether oxygens (including phenoxy) is 2. The number of nitriles is 1. The molecule has 2 atom stereocenters. The van der Waals surface area contributed by atoms with Gasteiger partial charge in [-0.2, -0.15) is 5.26 Å². The normalized spacial score (nSPS) is 23.9. The Hall–Kier alpha value is -3.68. The van der Waals surface area contributed by atoms with E-state index in [0.717, 1.165) is 16.9 Å². The summed E-state index contributed by atoms with van der Waals surface area (Å²) in [7, 11) is -2.41. The van der Waals surface area contributed by atoms with Crippen LogP contribution in [-0.2, 0) is 30.4 Å².